The molecule has 0 aliphatic heterocycles. The Morgan fingerprint density at radius 1 is 1.04 bits per heavy atom. The van der Waals surface area contributed by atoms with E-state index in [2.05, 4.69) is 29.6 Å². The lowest BCUT2D eigenvalue weighted by atomic mass is 9.98. The summed E-state index contributed by atoms with van der Waals surface area (Å²) in [6.45, 7) is 2.40. The van der Waals surface area contributed by atoms with Gasteiger partial charge >= 0.3 is 12.1 Å². The highest BCUT2D eigenvalue weighted by Gasteiger charge is 2.29. The molecule has 27 heavy (non-hydrogen) atoms. The van der Waals surface area contributed by atoms with Gasteiger partial charge in [-0.1, -0.05) is 48.5 Å². The number of esters is 1. The fourth-order valence-electron chi connectivity index (χ4n) is 3.44. The molecule has 0 fully saturated rings. The third-order valence-electron chi connectivity index (χ3n) is 4.66. The average Bonchev–Trinajstić information content (AvgIpc) is 3.00. The van der Waals surface area contributed by atoms with Gasteiger partial charge in [0.1, 0.15) is 12.6 Å². The van der Waals surface area contributed by atoms with Crippen LogP contribution in [0.25, 0.3) is 11.1 Å². The van der Waals surface area contributed by atoms with Gasteiger partial charge in [0.15, 0.2) is 0 Å². The van der Waals surface area contributed by atoms with Gasteiger partial charge in [-0.25, -0.2) is 9.59 Å². The minimum Gasteiger partial charge on any atom is -0.464 e. The molecule has 6 nitrogen and oxygen atoms in total. The lowest BCUT2D eigenvalue weighted by molar-refractivity contribution is -0.145. The number of nitrogens with two attached hydrogens (primary N) is 1. The number of benzene rings is 2. The van der Waals surface area contributed by atoms with Gasteiger partial charge in [0, 0.05) is 5.92 Å². The normalized spacial score (nSPS) is 13.4. The number of carbonyl (C=O) groups is 2. The van der Waals surface area contributed by atoms with Crippen molar-refractivity contribution in [2.75, 3.05) is 19.8 Å². The van der Waals surface area contributed by atoms with E-state index in [9.17, 15) is 9.59 Å². The fraction of sp³-hybridized carbons (Fsp3) is 0.333. The molecule has 0 heterocycles. The van der Waals surface area contributed by atoms with Gasteiger partial charge in [-0.2, -0.15) is 0 Å². The molecule has 1 aliphatic carbocycles. The summed E-state index contributed by atoms with van der Waals surface area (Å²) >= 11 is 0. The number of nitrogens with one attached hydrogen (secondary N) is 1. The SMILES string of the molecule is CCOC(=O)[C@H](CCN)NC(=O)OCC1c2ccccc2-c2ccccc21. The molecular formula is C21H24N2O4. The molecule has 0 unspecified atom stereocenters. The van der Waals surface area contributed by atoms with Crippen molar-refractivity contribution < 1.29 is 19.1 Å². The van der Waals surface area contributed by atoms with E-state index in [1.54, 1.807) is 6.92 Å². The van der Waals surface area contributed by atoms with Gasteiger partial charge in [0.2, 0.25) is 0 Å². The molecule has 0 bridgehead atoms. The third-order valence-corrected chi connectivity index (χ3v) is 4.66. The number of rotatable bonds is 7. The van der Waals surface area contributed by atoms with E-state index < -0.39 is 18.1 Å². The summed E-state index contributed by atoms with van der Waals surface area (Å²) in [7, 11) is 0. The fourth-order valence-corrected chi connectivity index (χ4v) is 3.44. The Balaban J connectivity index is 1.67. The van der Waals surface area contributed by atoms with Crippen LogP contribution in [0.1, 0.15) is 30.4 Å². The van der Waals surface area contributed by atoms with Gasteiger partial charge in [0.05, 0.1) is 6.61 Å². The molecule has 0 radical (unpaired) electrons. The summed E-state index contributed by atoms with van der Waals surface area (Å²) in [5, 5.41) is 2.56. The molecule has 2 aromatic carbocycles. The van der Waals surface area contributed by atoms with Crippen LogP contribution in [-0.2, 0) is 14.3 Å². The van der Waals surface area contributed by atoms with Crippen LogP contribution in [0.2, 0.25) is 0 Å². The van der Waals surface area contributed by atoms with E-state index in [0.29, 0.717) is 6.42 Å². The van der Waals surface area contributed by atoms with Crippen LogP contribution in [0.5, 0.6) is 0 Å². The highest BCUT2D eigenvalue weighted by atomic mass is 16.6. The van der Waals surface area contributed by atoms with Gasteiger partial charge in [-0.05, 0) is 42.1 Å². The summed E-state index contributed by atoms with van der Waals surface area (Å²) < 4.78 is 10.4. The first-order chi connectivity index (χ1) is 13.2. The zero-order valence-corrected chi connectivity index (χ0v) is 15.3. The van der Waals surface area contributed by atoms with Gasteiger partial charge in [-0.3, -0.25) is 0 Å². The van der Waals surface area contributed by atoms with Crippen LogP contribution in [-0.4, -0.2) is 37.9 Å². The van der Waals surface area contributed by atoms with Crippen molar-refractivity contribution in [2.24, 2.45) is 5.73 Å². The number of hydrogen-bond acceptors (Lipinski definition) is 5. The second kappa shape index (κ2) is 8.68. The predicted octanol–water partition coefficient (Wildman–Crippen LogP) is 2.81. The Labute approximate surface area is 158 Å². The van der Waals surface area contributed by atoms with Crippen LogP contribution in [0.4, 0.5) is 4.79 Å². The molecule has 0 spiro atoms. The number of amides is 1. The van der Waals surface area contributed by atoms with Crippen molar-refractivity contribution in [3.8, 4) is 11.1 Å². The van der Waals surface area contributed by atoms with Crippen molar-refractivity contribution in [3.63, 3.8) is 0 Å². The first-order valence-electron chi connectivity index (χ1n) is 9.14. The topological polar surface area (TPSA) is 90.6 Å². The zero-order chi connectivity index (χ0) is 19.2. The molecule has 0 saturated carbocycles. The predicted molar refractivity (Wildman–Crippen MR) is 102 cm³/mol. The molecular weight excluding hydrogens is 344 g/mol. The van der Waals surface area contributed by atoms with E-state index >= 15 is 0 Å². The van der Waals surface area contributed by atoms with Crippen LogP contribution in [0.15, 0.2) is 48.5 Å². The Morgan fingerprint density at radius 3 is 2.19 bits per heavy atom. The number of hydrogen-bond donors (Lipinski definition) is 2. The van der Waals surface area contributed by atoms with Crippen molar-refractivity contribution in [1.82, 2.24) is 5.32 Å². The van der Waals surface area contributed by atoms with Crippen molar-refractivity contribution in [3.05, 3.63) is 59.7 Å². The van der Waals surface area contributed by atoms with Crippen molar-refractivity contribution >= 4 is 12.1 Å². The Bertz CT molecular complexity index is 776. The second-order valence-electron chi connectivity index (χ2n) is 6.35. The Morgan fingerprint density at radius 2 is 1.63 bits per heavy atom. The van der Waals surface area contributed by atoms with Crippen LogP contribution < -0.4 is 11.1 Å². The summed E-state index contributed by atoms with van der Waals surface area (Å²) in [6, 6.07) is 15.4. The molecule has 2 aromatic rings. The molecule has 142 valence electrons. The van der Waals surface area contributed by atoms with E-state index in [1.165, 1.54) is 0 Å². The monoisotopic (exact) mass is 368 g/mol. The first kappa shape index (κ1) is 18.9. The lowest BCUT2D eigenvalue weighted by Gasteiger charge is -2.18. The average molecular weight is 368 g/mol. The van der Waals surface area contributed by atoms with Gasteiger partial charge in [-0.15, -0.1) is 0 Å². The maximum Gasteiger partial charge on any atom is 0.407 e. The maximum absolute atomic E-state index is 12.2. The lowest BCUT2D eigenvalue weighted by Crippen LogP contribution is -2.43. The molecule has 1 aliphatic rings. The molecule has 1 amide bonds. The van der Waals surface area contributed by atoms with Crippen LogP contribution in [0.3, 0.4) is 0 Å². The molecule has 3 N–H and O–H groups in total. The number of ether oxygens (including phenoxy) is 2. The molecule has 3 rings (SSSR count). The Hall–Kier alpha value is -2.86. The number of fused-ring (bicyclic) bond motifs is 3. The quantitative estimate of drug-likeness (QED) is 0.734. The third kappa shape index (κ3) is 4.11. The molecule has 6 heteroatoms. The van der Waals surface area contributed by atoms with Crippen LogP contribution in [0, 0.1) is 0 Å². The Kier molecular flexibility index (Phi) is 6.08. The summed E-state index contributed by atoms with van der Waals surface area (Å²) in [4.78, 5) is 24.1. The first-order valence-corrected chi connectivity index (χ1v) is 9.14. The van der Waals surface area contributed by atoms with Crippen molar-refractivity contribution in [2.45, 2.75) is 25.3 Å². The zero-order valence-electron chi connectivity index (χ0n) is 15.3. The van der Waals surface area contributed by atoms with E-state index in [0.717, 1.165) is 22.3 Å². The van der Waals surface area contributed by atoms with Crippen molar-refractivity contribution in [1.29, 1.82) is 0 Å². The molecule has 1 atom stereocenters. The number of carbonyl (C=O) groups excluding carboxylic acids is 2. The van der Waals surface area contributed by atoms with E-state index in [1.807, 2.05) is 24.3 Å². The summed E-state index contributed by atoms with van der Waals surface area (Å²) in [6.07, 6.45) is -0.355. The standard InChI is InChI=1S/C21H24N2O4/c1-2-26-20(24)19(11-12-22)23-21(25)27-13-18-16-9-5-3-7-14(16)15-8-4-6-10-17(15)18/h3-10,18-19H,2,11-13,22H2,1H3,(H,23,25)/t19-/m0/s1. The highest BCUT2D eigenvalue weighted by Crippen LogP contribution is 2.44. The largest absolute Gasteiger partial charge is 0.464 e. The minimum atomic E-state index is -0.800. The van der Waals surface area contributed by atoms with Crippen LogP contribution >= 0.6 is 0 Å². The number of alkyl carbamates (subject to hydrolysis) is 1. The highest BCUT2D eigenvalue weighted by molar-refractivity contribution is 5.82. The minimum absolute atomic E-state index is 0.0290. The van der Waals surface area contributed by atoms with E-state index in [-0.39, 0.29) is 25.7 Å². The summed E-state index contributed by atoms with van der Waals surface area (Å²) in [5.74, 6) is -0.532. The van der Waals surface area contributed by atoms with Gasteiger partial charge in [0.25, 0.3) is 0 Å². The molecule has 0 aromatic heterocycles. The summed E-state index contributed by atoms with van der Waals surface area (Å²) in [5.41, 5.74) is 10.1. The van der Waals surface area contributed by atoms with Gasteiger partial charge < -0.3 is 20.5 Å². The smallest absolute Gasteiger partial charge is 0.407 e. The van der Waals surface area contributed by atoms with E-state index in [4.69, 9.17) is 15.2 Å². The second-order valence-corrected chi connectivity index (χ2v) is 6.35. The maximum atomic E-state index is 12.2. The molecule has 0 saturated heterocycles.